The molecule has 0 aromatic heterocycles. The van der Waals surface area contributed by atoms with Gasteiger partial charge < -0.3 is 10.2 Å². The largest absolute Gasteiger partial charge is 0.477 e. The fourth-order valence-electron chi connectivity index (χ4n) is 0.328. The Kier molecular flexibility index (Phi) is 2.99. The smallest absolute Gasteiger partial charge is 0.377 e. The summed E-state index contributed by atoms with van der Waals surface area (Å²) in [6.07, 6.45) is -2.56. The maximum atomic E-state index is 12.1. The number of aliphatic carboxylic acids is 1. The molecule has 0 bridgehead atoms. The van der Waals surface area contributed by atoms with Crippen molar-refractivity contribution < 1.29 is 23.8 Å². The lowest BCUT2D eigenvalue weighted by atomic mass is 10.2. The highest BCUT2D eigenvalue weighted by Gasteiger charge is 2.47. The summed E-state index contributed by atoms with van der Waals surface area (Å²) in [4.78, 5) is 19.0. The summed E-state index contributed by atoms with van der Waals surface area (Å²) in [5.74, 6) is -6.79. The number of nitrogens with zero attached hydrogens (tertiary/aromatic N) is 1. The van der Waals surface area contributed by atoms with Crippen LogP contribution in [0.2, 0.25) is 0 Å². The third kappa shape index (κ3) is 2.19. The summed E-state index contributed by atoms with van der Waals surface area (Å²) in [6, 6.07) is 0. The van der Waals surface area contributed by atoms with Gasteiger partial charge in [-0.25, -0.2) is 4.79 Å². The molecule has 0 heterocycles. The van der Waals surface area contributed by atoms with Crippen molar-refractivity contribution in [2.75, 3.05) is 6.54 Å². The third-order valence-corrected chi connectivity index (χ3v) is 0.951. The molecule has 0 amide bonds. The lowest BCUT2D eigenvalue weighted by Gasteiger charge is -2.14. The van der Waals surface area contributed by atoms with Crippen molar-refractivity contribution in [3.63, 3.8) is 0 Å². The molecule has 0 fully saturated rings. The second kappa shape index (κ2) is 3.33. The first-order valence-electron chi connectivity index (χ1n) is 2.51. The molecule has 0 saturated carbocycles. The first-order chi connectivity index (χ1) is 4.92. The Morgan fingerprint density at radius 2 is 2.09 bits per heavy atom. The predicted molar refractivity (Wildman–Crippen MR) is 29.3 cm³/mol. The third-order valence-electron chi connectivity index (χ3n) is 0.951. The maximum Gasteiger partial charge on any atom is 0.377 e. The van der Waals surface area contributed by atoms with Gasteiger partial charge in [0.15, 0.2) is 6.10 Å². The Bertz CT molecular complexity index is 171. The molecule has 1 atom stereocenters. The number of carboxylic acid groups (broad SMARTS) is 1. The van der Waals surface area contributed by atoms with Crippen LogP contribution in [-0.4, -0.2) is 34.8 Å². The zero-order valence-corrected chi connectivity index (χ0v) is 5.20. The molecule has 0 spiro atoms. The van der Waals surface area contributed by atoms with Crippen molar-refractivity contribution in [2.45, 2.75) is 12.0 Å². The molecule has 1 unspecified atom stereocenters. The minimum atomic E-state index is -4.31. The van der Waals surface area contributed by atoms with Gasteiger partial charge in [0.2, 0.25) is 0 Å². The average molecular weight is 169 g/mol. The predicted octanol–water partition coefficient (Wildman–Crippen LogP) is -0.166. The van der Waals surface area contributed by atoms with Crippen molar-refractivity contribution in [1.29, 1.82) is 0 Å². The van der Waals surface area contributed by atoms with Crippen molar-refractivity contribution in [2.24, 2.45) is 5.18 Å². The Hall–Kier alpha value is -1.11. The number of rotatable bonds is 4. The molecule has 0 aliphatic heterocycles. The van der Waals surface area contributed by atoms with Crippen LogP contribution in [0.25, 0.3) is 0 Å². The summed E-state index contributed by atoms with van der Waals surface area (Å²) in [7, 11) is 0. The van der Waals surface area contributed by atoms with Gasteiger partial charge in [-0.3, -0.25) is 0 Å². The molecule has 0 saturated heterocycles. The van der Waals surface area contributed by atoms with E-state index in [0.29, 0.717) is 0 Å². The summed E-state index contributed by atoms with van der Waals surface area (Å²) < 4.78 is 24.2. The van der Waals surface area contributed by atoms with Crippen LogP contribution < -0.4 is 0 Å². The number of halogens is 2. The van der Waals surface area contributed by atoms with Crippen molar-refractivity contribution in [1.82, 2.24) is 0 Å². The van der Waals surface area contributed by atoms with Gasteiger partial charge in [-0.2, -0.15) is 13.7 Å². The molecule has 0 radical (unpaired) electrons. The molecule has 7 heteroatoms. The molecular formula is C4H5F2NO4. The van der Waals surface area contributed by atoms with Crippen LogP contribution in [0.15, 0.2) is 5.18 Å². The number of nitroso groups, excluding NO2 is 1. The normalized spacial score (nSPS) is 14.1. The van der Waals surface area contributed by atoms with Gasteiger partial charge in [-0.15, -0.1) is 0 Å². The zero-order chi connectivity index (χ0) is 9.07. The fourth-order valence-corrected chi connectivity index (χ4v) is 0.328. The van der Waals surface area contributed by atoms with Gasteiger partial charge in [-0.1, -0.05) is 5.18 Å². The topological polar surface area (TPSA) is 87.0 Å². The minimum absolute atomic E-state index is 1.14. The van der Waals surface area contributed by atoms with E-state index in [1.165, 1.54) is 0 Å². The molecule has 11 heavy (non-hydrogen) atoms. The highest BCUT2D eigenvalue weighted by atomic mass is 19.3. The zero-order valence-electron chi connectivity index (χ0n) is 5.20. The Balaban J connectivity index is 4.28. The molecule has 64 valence electrons. The van der Waals surface area contributed by atoms with E-state index >= 15 is 0 Å². The van der Waals surface area contributed by atoms with Crippen LogP contribution in [-0.2, 0) is 4.79 Å². The van der Waals surface area contributed by atoms with Crippen LogP contribution in [0.1, 0.15) is 0 Å². The lowest BCUT2D eigenvalue weighted by Crippen LogP contribution is -2.42. The van der Waals surface area contributed by atoms with E-state index in [4.69, 9.17) is 10.2 Å². The standard InChI is InChI=1S/C4H5F2NO4/c5-4(6,3(9)10)2(8)1-7-11/h2,8H,1H2,(H,9,10). The minimum Gasteiger partial charge on any atom is -0.477 e. The van der Waals surface area contributed by atoms with Gasteiger partial charge >= 0.3 is 11.9 Å². The molecule has 0 rings (SSSR count). The fraction of sp³-hybridized carbons (Fsp3) is 0.750. The maximum absolute atomic E-state index is 12.1. The van der Waals surface area contributed by atoms with Crippen molar-refractivity contribution in [3.8, 4) is 0 Å². The second-order valence-electron chi connectivity index (χ2n) is 1.76. The summed E-state index contributed by atoms with van der Waals surface area (Å²) in [6.45, 7) is -1.14. The van der Waals surface area contributed by atoms with Crippen LogP contribution in [0.5, 0.6) is 0 Å². The van der Waals surface area contributed by atoms with E-state index in [0.717, 1.165) is 0 Å². The van der Waals surface area contributed by atoms with E-state index in [9.17, 15) is 18.5 Å². The summed E-state index contributed by atoms with van der Waals surface area (Å²) >= 11 is 0. The first-order valence-corrected chi connectivity index (χ1v) is 2.51. The van der Waals surface area contributed by atoms with Gasteiger partial charge in [0.25, 0.3) is 0 Å². The van der Waals surface area contributed by atoms with Gasteiger partial charge in [0.1, 0.15) is 6.54 Å². The number of hydrogen-bond donors (Lipinski definition) is 2. The summed E-state index contributed by atoms with van der Waals surface area (Å²) in [5.41, 5.74) is 0. The van der Waals surface area contributed by atoms with Crippen molar-refractivity contribution in [3.05, 3.63) is 4.91 Å². The van der Waals surface area contributed by atoms with E-state index in [-0.39, 0.29) is 0 Å². The number of aliphatic hydroxyl groups excluding tert-OH is 1. The average Bonchev–Trinajstić information content (AvgIpc) is 1.88. The number of alkyl halides is 2. The second-order valence-corrected chi connectivity index (χ2v) is 1.76. The van der Waals surface area contributed by atoms with Crippen LogP contribution >= 0.6 is 0 Å². The number of aliphatic hydroxyl groups is 1. The molecular weight excluding hydrogens is 164 g/mol. The molecule has 0 aliphatic rings. The molecule has 0 aliphatic carbocycles. The van der Waals surface area contributed by atoms with E-state index in [1.807, 2.05) is 5.18 Å². The Labute approximate surface area is 59.6 Å². The molecule has 2 N–H and O–H groups in total. The van der Waals surface area contributed by atoms with Crippen LogP contribution in [0.4, 0.5) is 8.78 Å². The SMILES string of the molecule is O=NCC(O)C(F)(F)C(=O)O. The van der Waals surface area contributed by atoms with Gasteiger partial charge in [0, 0.05) is 0 Å². The highest BCUT2D eigenvalue weighted by molar-refractivity contribution is 5.76. The van der Waals surface area contributed by atoms with E-state index in [2.05, 4.69) is 0 Å². The quantitative estimate of drug-likeness (QED) is 0.572. The number of carboxylic acids is 1. The molecule has 0 aromatic carbocycles. The van der Waals surface area contributed by atoms with Gasteiger partial charge in [0.05, 0.1) is 0 Å². The number of hydrogen-bond acceptors (Lipinski definition) is 4. The van der Waals surface area contributed by atoms with Crippen molar-refractivity contribution >= 4 is 5.97 Å². The van der Waals surface area contributed by atoms with Crippen LogP contribution in [0, 0.1) is 4.91 Å². The first kappa shape index (κ1) is 9.89. The van der Waals surface area contributed by atoms with Gasteiger partial charge in [-0.05, 0) is 0 Å². The van der Waals surface area contributed by atoms with E-state index < -0.39 is 24.5 Å². The highest BCUT2D eigenvalue weighted by Crippen LogP contribution is 2.18. The Morgan fingerprint density at radius 3 is 2.36 bits per heavy atom. The summed E-state index contributed by atoms with van der Waals surface area (Å²) in [5, 5.41) is 18.0. The Morgan fingerprint density at radius 1 is 1.64 bits per heavy atom. The molecule has 5 nitrogen and oxygen atoms in total. The number of carbonyl (C=O) groups is 1. The van der Waals surface area contributed by atoms with Crippen LogP contribution in [0.3, 0.4) is 0 Å². The monoisotopic (exact) mass is 169 g/mol. The van der Waals surface area contributed by atoms with E-state index in [1.54, 1.807) is 0 Å². The lowest BCUT2D eigenvalue weighted by molar-refractivity contribution is -0.180. The molecule has 0 aromatic rings.